The Kier molecular flexibility index (Phi) is 6.60. The van der Waals surface area contributed by atoms with Gasteiger partial charge in [0, 0.05) is 31.3 Å². The highest BCUT2D eigenvalue weighted by molar-refractivity contribution is 5.95. The van der Waals surface area contributed by atoms with E-state index in [0.717, 1.165) is 5.56 Å². The van der Waals surface area contributed by atoms with E-state index in [2.05, 4.69) is 5.32 Å². The average Bonchev–Trinajstić information content (AvgIpc) is 2.65. The molecule has 0 aliphatic carbocycles. The number of benzene rings is 2. The summed E-state index contributed by atoms with van der Waals surface area (Å²) in [6.07, 6.45) is 0. The third kappa shape index (κ3) is 4.75. The van der Waals surface area contributed by atoms with Crippen LogP contribution in [0.1, 0.15) is 29.8 Å². The maximum atomic E-state index is 12.8. The van der Waals surface area contributed by atoms with E-state index in [1.807, 2.05) is 25.1 Å². The van der Waals surface area contributed by atoms with Crippen LogP contribution in [0.5, 0.6) is 11.5 Å². The number of nitrogens with zero attached hydrogens (tertiary/aromatic N) is 1. The minimum absolute atomic E-state index is 0.0725. The molecule has 0 unspecified atom stereocenters. The van der Waals surface area contributed by atoms with Crippen molar-refractivity contribution in [2.75, 3.05) is 26.1 Å². The third-order valence-corrected chi connectivity index (χ3v) is 3.94. The van der Waals surface area contributed by atoms with E-state index in [9.17, 15) is 9.59 Å². The molecule has 6 nitrogen and oxygen atoms in total. The first kappa shape index (κ1) is 19.3. The van der Waals surface area contributed by atoms with Gasteiger partial charge >= 0.3 is 0 Å². The van der Waals surface area contributed by atoms with Crippen molar-refractivity contribution in [3.63, 3.8) is 0 Å². The number of hydrogen-bond donors (Lipinski definition) is 1. The van der Waals surface area contributed by atoms with Gasteiger partial charge in [0.05, 0.1) is 14.2 Å². The van der Waals surface area contributed by atoms with Crippen molar-refractivity contribution in [3.8, 4) is 11.5 Å². The molecule has 2 amide bonds. The monoisotopic (exact) mass is 356 g/mol. The zero-order chi connectivity index (χ0) is 19.1. The van der Waals surface area contributed by atoms with Crippen molar-refractivity contribution in [3.05, 3.63) is 53.6 Å². The van der Waals surface area contributed by atoms with E-state index < -0.39 is 0 Å². The number of carbonyl (C=O) groups is 2. The summed E-state index contributed by atoms with van der Waals surface area (Å²) in [6.45, 7) is 4.41. The van der Waals surface area contributed by atoms with Crippen molar-refractivity contribution < 1.29 is 19.1 Å². The molecule has 2 rings (SSSR count). The molecular weight excluding hydrogens is 332 g/mol. The number of hydrogen-bond acceptors (Lipinski definition) is 4. The van der Waals surface area contributed by atoms with E-state index in [1.165, 1.54) is 6.92 Å². The molecule has 0 spiro atoms. The summed E-state index contributed by atoms with van der Waals surface area (Å²) in [4.78, 5) is 25.6. The smallest absolute Gasteiger partial charge is 0.254 e. The maximum Gasteiger partial charge on any atom is 0.254 e. The summed E-state index contributed by atoms with van der Waals surface area (Å²) in [5.74, 6) is 1.07. The maximum absolute atomic E-state index is 12.8. The number of amides is 2. The molecule has 0 bridgehead atoms. The predicted molar refractivity (Wildman–Crippen MR) is 101 cm³/mol. The minimum Gasteiger partial charge on any atom is -0.493 e. The molecule has 0 aromatic heterocycles. The molecule has 0 atom stereocenters. The van der Waals surface area contributed by atoms with Crippen LogP contribution < -0.4 is 14.8 Å². The largest absolute Gasteiger partial charge is 0.493 e. The Morgan fingerprint density at radius 1 is 1.00 bits per heavy atom. The fourth-order valence-electron chi connectivity index (χ4n) is 2.61. The van der Waals surface area contributed by atoms with Crippen molar-refractivity contribution in [2.24, 2.45) is 0 Å². The second kappa shape index (κ2) is 8.89. The SMILES string of the molecule is CCN(Cc1ccc(OC)c(OC)c1)C(=O)c1ccc(NC(C)=O)cc1. The van der Waals surface area contributed by atoms with Crippen molar-refractivity contribution in [1.29, 1.82) is 0 Å². The Hall–Kier alpha value is -3.02. The fraction of sp³-hybridized carbons (Fsp3) is 0.300. The normalized spacial score (nSPS) is 10.2. The molecule has 2 aromatic carbocycles. The Morgan fingerprint density at radius 2 is 1.65 bits per heavy atom. The van der Waals surface area contributed by atoms with Crippen LogP contribution in [0.25, 0.3) is 0 Å². The standard InChI is InChI=1S/C20H24N2O4/c1-5-22(13-15-6-11-18(25-3)19(12-15)26-4)20(24)16-7-9-17(10-8-16)21-14(2)23/h6-12H,5,13H2,1-4H3,(H,21,23). The van der Waals surface area contributed by atoms with Crippen molar-refractivity contribution in [1.82, 2.24) is 4.90 Å². The highest BCUT2D eigenvalue weighted by atomic mass is 16.5. The van der Waals surface area contributed by atoms with Gasteiger partial charge in [-0.05, 0) is 48.9 Å². The van der Waals surface area contributed by atoms with Gasteiger partial charge in [-0.3, -0.25) is 9.59 Å². The van der Waals surface area contributed by atoms with Crippen LogP contribution in [-0.2, 0) is 11.3 Å². The second-order valence-electron chi connectivity index (χ2n) is 5.77. The number of ether oxygens (including phenoxy) is 2. The molecule has 1 N–H and O–H groups in total. The molecule has 0 aliphatic heterocycles. The highest BCUT2D eigenvalue weighted by Crippen LogP contribution is 2.28. The summed E-state index contributed by atoms with van der Waals surface area (Å²) in [7, 11) is 3.17. The first-order chi connectivity index (χ1) is 12.5. The lowest BCUT2D eigenvalue weighted by atomic mass is 10.1. The number of carbonyl (C=O) groups excluding carboxylic acids is 2. The molecule has 0 radical (unpaired) electrons. The van der Waals surface area contributed by atoms with Gasteiger partial charge in [-0.15, -0.1) is 0 Å². The summed E-state index contributed by atoms with van der Waals surface area (Å²) >= 11 is 0. The van der Waals surface area contributed by atoms with Gasteiger partial charge in [0.15, 0.2) is 11.5 Å². The van der Waals surface area contributed by atoms with Gasteiger partial charge in [-0.1, -0.05) is 6.07 Å². The van der Waals surface area contributed by atoms with Gasteiger partial charge in [-0.25, -0.2) is 0 Å². The van der Waals surface area contributed by atoms with Crippen LogP contribution >= 0.6 is 0 Å². The molecular formula is C20H24N2O4. The summed E-state index contributed by atoms with van der Waals surface area (Å²) in [5, 5.41) is 2.69. The van der Waals surface area contributed by atoms with Gasteiger partial charge in [0.1, 0.15) is 0 Å². The lowest BCUT2D eigenvalue weighted by molar-refractivity contribution is -0.114. The summed E-state index contributed by atoms with van der Waals surface area (Å²) in [5.41, 5.74) is 2.19. The molecule has 26 heavy (non-hydrogen) atoms. The lowest BCUT2D eigenvalue weighted by Crippen LogP contribution is -2.30. The van der Waals surface area contributed by atoms with Crippen LogP contribution in [0.3, 0.4) is 0 Å². The average molecular weight is 356 g/mol. The summed E-state index contributed by atoms with van der Waals surface area (Å²) < 4.78 is 10.6. The van der Waals surface area contributed by atoms with Gasteiger partial charge in [0.2, 0.25) is 5.91 Å². The first-order valence-corrected chi connectivity index (χ1v) is 8.36. The van der Waals surface area contributed by atoms with Gasteiger partial charge in [-0.2, -0.15) is 0 Å². The predicted octanol–water partition coefficient (Wildman–Crippen LogP) is 3.32. The van der Waals surface area contributed by atoms with Crippen molar-refractivity contribution in [2.45, 2.75) is 20.4 Å². The zero-order valence-corrected chi connectivity index (χ0v) is 15.5. The Morgan fingerprint density at radius 3 is 2.19 bits per heavy atom. The quantitative estimate of drug-likeness (QED) is 0.826. The highest BCUT2D eigenvalue weighted by Gasteiger charge is 2.16. The van der Waals surface area contributed by atoms with Crippen LogP contribution in [0, 0.1) is 0 Å². The minimum atomic E-state index is -0.146. The topological polar surface area (TPSA) is 67.9 Å². The second-order valence-corrected chi connectivity index (χ2v) is 5.77. The van der Waals surface area contributed by atoms with E-state index in [1.54, 1.807) is 43.4 Å². The molecule has 0 heterocycles. The van der Waals surface area contributed by atoms with E-state index in [0.29, 0.717) is 35.8 Å². The van der Waals surface area contributed by atoms with E-state index in [4.69, 9.17) is 9.47 Å². The zero-order valence-electron chi connectivity index (χ0n) is 15.5. The molecule has 0 saturated carbocycles. The number of rotatable bonds is 7. The Bertz CT molecular complexity index is 772. The van der Waals surface area contributed by atoms with Crippen LogP contribution in [0.2, 0.25) is 0 Å². The molecule has 0 saturated heterocycles. The number of anilines is 1. The fourth-order valence-corrected chi connectivity index (χ4v) is 2.61. The van der Waals surface area contributed by atoms with Gasteiger partial charge in [0.25, 0.3) is 5.91 Å². The van der Waals surface area contributed by atoms with Crippen LogP contribution in [-0.4, -0.2) is 37.5 Å². The number of methoxy groups -OCH3 is 2. The molecule has 0 fully saturated rings. The molecule has 0 aliphatic rings. The Labute approximate surface area is 153 Å². The van der Waals surface area contributed by atoms with Gasteiger partial charge < -0.3 is 19.7 Å². The molecule has 6 heteroatoms. The third-order valence-electron chi connectivity index (χ3n) is 3.94. The summed E-state index contributed by atoms with van der Waals surface area (Å²) in [6, 6.07) is 12.5. The van der Waals surface area contributed by atoms with Crippen LogP contribution in [0.15, 0.2) is 42.5 Å². The molecule has 138 valence electrons. The Balaban J connectivity index is 2.14. The first-order valence-electron chi connectivity index (χ1n) is 8.36. The van der Waals surface area contributed by atoms with Crippen molar-refractivity contribution >= 4 is 17.5 Å². The molecule has 2 aromatic rings. The number of nitrogens with one attached hydrogen (secondary N) is 1. The van der Waals surface area contributed by atoms with E-state index in [-0.39, 0.29) is 11.8 Å². The van der Waals surface area contributed by atoms with E-state index >= 15 is 0 Å². The van der Waals surface area contributed by atoms with Crippen LogP contribution in [0.4, 0.5) is 5.69 Å². The lowest BCUT2D eigenvalue weighted by Gasteiger charge is -2.22.